The fraction of sp³-hybridized carbons (Fsp3) is 0.412. The highest BCUT2D eigenvalue weighted by Crippen LogP contribution is 2.23. The van der Waals surface area contributed by atoms with Gasteiger partial charge < -0.3 is 10.2 Å². The van der Waals surface area contributed by atoms with E-state index in [1.807, 2.05) is 11.3 Å². The minimum Gasteiger partial charge on any atom is -0.371 e. The van der Waals surface area contributed by atoms with Gasteiger partial charge in [0.2, 0.25) is 0 Å². The fourth-order valence-electron chi connectivity index (χ4n) is 2.92. The largest absolute Gasteiger partial charge is 0.371 e. The maximum atomic E-state index is 3.78. The number of nitrogens with one attached hydrogen (secondary N) is 1. The Hall–Kier alpha value is -1.32. The fourth-order valence-corrected chi connectivity index (χ4v) is 3.66. The van der Waals surface area contributed by atoms with E-state index in [-0.39, 0.29) is 0 Å². The summed E-state index contributed by atoms with van der Waals surface area (Å²) in [5, 5.41) is 5.94. The Morgan fingerprint density at radius 1 is 1.10 bits per heavy atom. The van der Waals surface area contributed by atoms with Crippen LogP contribution in [0.25, 0.3) is 0 Å². The third kappa shape index (κ3) is 3.22. The Kier molecular flexibility index (Phi) is 4.38. The first-order chi connectivity index (χ1) is 9.83. The second kappa shape index (κ2) is 6.42. The highest BCUT2D eigenvalue weighted by atomic mass is 32.1. The molecule has 0 radical (unpaired) electrons. The summed E-state index contributed by atoms with van der Waals surface area (Å²) < 4.78 is 0. The first kappa shape index (κ1) is 13.7. The Labute approximate surface area is 125 Å². The van der Waals surface area contributed by atoms with Crippen molar-refractivity contribution in [2.75, 3.05) is 18.0 Å². The first-order valence-corrected chi connectivity index (χ1v) is 8.30. The van der Waals surface area contributed by atoms with Crippen molar-refractivity contribution in [1.82, 2.24) is 5.32 Å². The zero-order chi connectivity index (χ0) is 13.8. The number of benzene rings is 1. The van der Waals surface area contributed by atoms with Crippen LogP contribution in [0.1, 0.15) is 30.7 Å². The Bertz CT molecular complexity index is 501. The number of piperidine rings is 1. The summed E-state index contributed by atoms with van der Waals surface area (Å²) in [4.78, 5) is 3.93. The molecule has 1 aromatic heterocycles. The van der Waals surface area contributed by atoms with Crippen molar-refractivity contribution in [3.8, 4) is 0 Å². The normalized spacial score (nSPS) is 18.1. The molecule has 20 heavy (non-hydrogen) atoms. The third-order valence-corrected chi connectivity index (χ3v) is 5.13. The van der Waals surface area contributed by atoms with Crippen molar-refractivity contribution >= 4 is 17.0 Å². The van der Waals surface area contributed by atoms with Gasteiger partial charge in [0.25, 0.3) is 0 Å². The molecule has 0 amide bonds. The molecule has 1 unspecified atom stereocenters. The molecule has 0 saturated carbocycles. The molecule has 2 nitrogen and oxygen atoms in total. The zero-order valence-electron chi connectivity index (χ0n) is 12.0. The topological polar surface area (TPSA) is 15.3 Å². The molecule has 0 aliphatic carbocycles. The number of anilines is 1. The van der Waals surface area contributed by atoms with Crippen LogP contribution in [0.3, 0.4) is 0 Å². The van der Waals surface area contributed by atoms with Gasteiger partial charge in [-0.15, -0.1) is 11.3 Å². The lowest BCUT2D eigenvalue weighted by molar-refractivity contribution is 0.383. The standard InChI is InChI=1S/C17H22N2S/c1-14(17-8-5-13-20-17)18-15-9-11-19(12-10-15)16-6-3-2-4-7-16/h2-8,13-15,18H,9-12H2,1H3. The second-order valence-corrected chi connectivity index (χ2v) is 6.48. The Morgan fingerprint density at radius 3 is 2.50 bits per heavy atom. The van der Waals surface area contributed by atoms with E-state index >= 15 is 0 Å². The van der Waals surface area contributed by atoms with Crippen LogP contribution in [0.4, 0.5) is 5.69 Å². The smallest absolute Gasteiger partial charge is 0.0388 e. The summed E-state index contributed by atoms with van der Waals surface area (Å²) in [7, 11) is 0. The van der Waals surface area contributed by atoms with Crippen LogP contribution in [0.15, 0.2) is 47.8 Å². The number of thiophene rings is 1. The SMILES string of the molecule is CC(NC1CCN(c2ccccc2)CC1)c1cccs1. The molecule has 1 N–H and O–H groups in total. The van der Waals surface area contributed by atoms with Crippen molar-refractivity contribution in [3.63, 3.8) is 0 Å². The van der Waals surface area contributed by atoms with E-state index in [1.165, 1.54) is 23.4 Å². The van der Waals surface area contributed by atoms with Gasteiger partial charge in [0.05, 0.1) is 0 Å². The molecule has 0 spiro atoms. The monoisotopic (exact) mass is 286 g/mol. The van der Waals surface area contributed by atoms with Crippen molar-refractivity contribution in [3.05, 3.63) is 52.7 Å². The summed E-state index contributed by atoms with van der Waals surface area (Å²) in [6.45, 7) is 4.58. The first-order valence-electron chi connectivity index (χ1n) is 7.42. The summed E-state index contributed by atoms with van der Waals surface area (Å²) in [5.41, 5.74) is 1.36. The van der Waals surface area contributed by atoms with E-state index < -0.39 is 0 Å². The van der Waals surface area contributed by atoms with E-state index in [0.717, 1.165) is 13.1 Å². The molecule has 1 aromatic carbocycles. The van der Waals surface area contributed by atoms with Gasteiger partial charge in [0.15, 0.2) is 0 Å². The summed E-state index contributed by atoms with van der Waals surface area (Å²) in [5.74, 6) is 0. The van der Waals surface area contributed by atoms with E-state index in [1.54, 1.807) is 0 Å². The van der Waals surface area contributed by atoms with Crippen molar-refractivity contribution < 1.29 is 0 Å². The minimum absolute atomic E-state index is 0.475. The summed E-state index contributed by atoms with van der Waals surface area (Å²) in [6, 6.07) is 16.2. The Balaban J connectivity index is 1.51. The highest BCUT2D eigenvalue weighted by Gasteiger charge is 2.21. The molecule has 1 fully saturated rings. The summed E-state index contributed by atoms with van der Waals surface area (Å²) >= 11 is 1.84. The molecule has 2 aromatic rings. The van der Waals surface area contributed by atoms with Crippen LogP contribution in [-0.2, 0) is 0 Å². The van der Waals surface area contributed by atoms with Gasteiger partial charge >= 0.3 is 0 Å². The number of hydrogen-bond acceptors (Lipinski definition) is 3. The molecule has 2 heterocycles. The van der Waals surface area contributed by atoms with E-state index in [2.05, 4.69) is 65.0 Å². The molecule has 3 heteroatoms. The molecule has 0 bridgehead atoms. The van der Waals surface area contributed by atoms with Gasteiger partial charge in [-0.05, 0) is 43.3 Å². The number of rotatable bonds is 4. The molecule has 1 aliphatic heterocycles. The predicted molar refractivity (Wildman–Crippen MR) is 87.5 cm³/mol. The van der Waals surface area contributed by atoms with Crippen LogP contribution in [0.5, 0.6) is 0 Å². The van der Waals surface area contributed by atoms with E-state index in [9.17, 15) is 0 Å². The van der Waals surface area contributed by atoms with Crippen molar-refractivity contribution in [2.45, 2.75) is 31.8 Å². The van der Waals surface area contributed by atoms with Gasteiger partial charge in [0, 0.05) is 35.7 Å². The maximum Gasteiger partial charge on any atom is 0.0388 e. The molecule has 1 atom stereocenters. The predicted octanol–water partition coefficient (Wildman–Crippen LogP) is 4.07. The molecule has 1 aliphatic rings. The van der Waals surface area contributed by atoms with Crippen LogP contribution < -0.4 is 10.2 Å². The van der Waals surface area contributed by atoms with Crippen LogP contribution in [-0.4, -0.2) is 19.1 Å². The number of hydrogen-bond donors (Lipinski definition) is 1. The summed E-state index contributed by atoms with van der Waals surface area (Å²) in [6.07, 6.45) is 2.45. The van der Waals surface area contributed by atoms with Gasteiger partial charge in [-0.3, -0.25) is 0 Å². The quantitative estimate of drug-likeness (QED) is 0.911. The average molecular weight is 286 g/mol. The highest BCUT2D eigenvalue weighted by molar-refractivity contribution is 7.10. The Morgan fingerprint density at radius 2 is 1.85 bits per heavy atom. The van der Waals surface area contributed by atoms with E-state index in [4.69, 9.17) is 0 Å². The number of nitrogens with zero attached hydrogens (tertiary/aromatic N) is 1. The lowest BCUT2D eigenvalue weighted by Gasteiger charge is -2.35. The lowest BCUT2D eigenvalue weighted by Crippen LogP contribution is -2.43. The van der Waals surface area contributed by atoms with Crippen LogP contribution >= 0.6 is 11.3 Å². The van der Waals surface area contributed by atoms with Crippen molar-refractivity contribution in [2.24, 2.45) is 0 Å². The number of para-hydroxylation sites is 1. The van der Waals surface area contributed by atoms with E-state index in [0.29, 0.717) is 12.1 Å². The lowest BCUT2D eigenvalue weighted by atomic mass is 10.0. The molecule has 1 saturated heterocycles. The molecule has 106 valence electrons. The zero-order valence-corrected chi connectivity index (χ0v) is 12.8. The molecular formula is C17H22N2S. The van der Waals surface area contributed by atoms with Crippen LogP contribution in [0.2, 0.25) is 0 Å². The van der Waals surface area contributed by atoms with Gasteiger partial charge in [0.1, 0.15) is 0 Å². The van der Waals surface area contributed by atoms with Gasteiger partial charge in [-0.2, -0.15) is 0 Å². The average Bonchev–Trinajstić information content (AvgIpc) is 3.03. The van der Waals surface area contributed by atoms with Crippen LogP contribution in [0, 0.1) is 0 Å². The van der Waals surface area contributed by atoms with Crippen molar-refractivity contribution in [1.29, 1.82) is 0 Å². The minimum atomic E-state index is 0.475. The third-order valence-electron chi connectivity index (χ3n) is 4.07. The second-order valence-electron chi connectivity index (χ2n) is 5.50. The van der Waals surface area contributed by atoms with Gasteiger partial charge in [-0.1, -0.05) is 24.3 Å². The van der Waals surface area contributed by atoms with Gasteiger partial charge in [-0.25, -0.2) is 0 Å². The maximum absolute atomic E-state index is 3.78. The molecular weight excluding hydrogens is 264 g/mol. The molecule has 3 rings (SSSR count).